The van der Waals surface area contributed by atoms with Crippen LogP contribution in [0.15, 0.2) is 30.5 Å². The van der Waals surface area contributed by atoms with E-state index in [1.54, 1.807) is 44.3 Å². The van der Waals surface area contributed by atoms with E-state index in [4.69, 9.17) is 27.4 Å². The van der Waals surface area contributed by atoms with E-state index in [9.17, 15) is 73.2 Å². The molecule has 0 spiro atoms. The molecule has 0 bridgehead atoms. The number of carbonyl (C=O) groups is 11. The molecule has 10 amide bonds. The number of hydrogen-bond donors (Lipinski definition) is 19. The number of aromatic nitrogens is 1. The molecule has 0 fully saturated rings. The lowest BCUT2D eigenvalue weighted by Crippen LogP contribution is -2.63. The maximum Gasteiger partial charge on any atom is 0.322 e. The van der Waals surface area contributed by atoms with Gasteiger partial charge in [-0.1, -0.05) is 32.0 Å². The molecule has 30 heteroatoms. The lowest BCUT2D eigenvalue weighted by Gasteiger charge is -2.29. The number of fused-ring (bicyclic) bond motifs is 1. The molecular weight excluding hydrogens is 1010 g/mol. The number of aliphatic hydroxyl groups excluding tert-OH is 5. The van der Waals surface area contributed by atoms with Gasteiger partial charge in [0.05, 0.1) is 38.4 Å². The number of aliphatic carboxylic acids is 1. The summed E-state index contributed by atoms with van der Waals surface area (Å²) in [6.07, 6.45) is -2.57. The normalized spacial score (nSPS) is 15.6. The SMILES string of the molecule is CC(C)C[C@H](NC(=O)[C@H](CCCCN)NC(=O)[C@H](CC(N)=O)NC(=O)[C@H](CO)NC(=O)[C@@H](N)CO)C(=O)N[C@H](C(=O)N[C@H](C(=O)N[C@@H](CO)C(=O)N[C@@H](Cc1c[nH]c2ccccc12)C(=O)NCC(=O)O)[C@@H](C)O)[C@@H](C)O. The molecule has 0 aliphatic carbocycles. The average molecular weight is 1080 g/mol. The zero-order chi connectivity index (χ0) is 57.4. The highest BCUT2D eigenvalue weighted by atomic mass is 16.4. The van der Waals surface area contributed by atoms with Crippen molar-refractivity contribution in [2.75, 3.05) is 32.9 Å². The molecule has 1 aromatic carbocycles. The number of nitrogens with two attached hydrogens (primary N) is 3. The van der Waals surface area contributed by atoms with Gasteiger partial charge in [0.1, 0.15) is 60.9 Å². The summed E-state index contributed by atoms with van der Waals surface area (Å²) in [5.74, 6) is -12.8. The fraction of sp³-hybridized carbons (Fsp3) is 0.587. The first kappa shape index (κ1) is 64.8. The number of nitrogens with one attached hydrogen (secondary N) is 10. The highest BCUT2D eigenvalue weighted by molar-refractivity contribution is 5.99. The summed E-state index contributed by atoms with van der Waals surface area (Å²) in [4.78, 5) is 147. The van der Waals surface area contributed by atoms with Gasteiger partial charge >= 0.3 is 5.97 Å². The van der Waals surface area contributed by atoms with Crippen molar-refractivity contribution in [2.45, 2.75) is 133 Å². The molecule has 76 heavy (non-hydrogen) atoms. The Kier molecular flexibility index (Phi) is 27.4. The predicted molar refractivity (Wildman–Crippen MR) is 267 cm³/mol. The molecule has 1 heterocycles. The molecule has 0 aliphatic heterocycles. The van der Waals surface area contributed by atoms with Crippen LogP contribution >= 0.6 is 0 Å². The van der Waals surface area contributed by atoms with Gasteiger partial charge in [0.25, 0.3) is 0 Å². The Morgan fingerprint density at radius 1 is 0.579 bits per heavy atom. The van der Waals surface area contributed by atoms with Gasteiger partial charge in [-0.25, -0.2) is 0 Å². The first-order valence-electron chi connectivity index (χ1n) is 24.2. The minimum Gasteiger partial charge on any atom is -0.480 e. The third-order valence-electron chi connectivity index (χ3n) is 11.4. The number of rotatable bonds is 34. The Morgan fingerprint density at radius 2 is 1.05 bits per heavy atom. The van der Waals surface area contributed by atoms with Crippen LogP contribution in [0, 0.1) is 5.92 Å². The maximum atomic E-state index is 14.0. The number of carboxylic acid groups (broad SMARTS) is 1. The van der Waals surface area contributed by atoms with E-state index in [2.05, 4.69) is 52.8 Å². The second kappa shape index (κ2) is 32.2. The molecule has 424 valence electrons. The van der Waals surface area contributed by atoms with Gasteiger partial charge in [0, 0.05) is 23.5 Å². The summed E-state index contributed by atoms with van der Waals surface area (Å²) in [5, 5.41) is 80.7. The summed E-state index contributed by atoms with van der Waals surface area (Å²) in [7, 11) is 0. The van der Waals surface area contributed by atoms with Crippen LogP contribution in [-0.4, -0.2) is 200 Å². The van der Waals surface area contributed by atoms with Crippen molar-refractivity contribution in [3.05, 3.63) is 36.0 Å². The van der Waals surface area contributed by atoms with Gasteiger partial charge in [0.2, 0.25) is 59.1 Å². The molecular formula is C46H73N13O17. The van der Waals surface area contributed by atoms with Crippen molar-refractivity contribution in [3.8, 4) is 0 Å². The van der Waals surface area contributed by atoms with Gasteiger partial charge in [-0.05, 0) is 63.6 Å². The number of aliphatic hydroxyl groups is 5. The fourth-order valence-corrected chi connectivity index (χ4v) is 7.30. The number of amides is 10. The number of benzene rings is 1. The van der Waals surface area contributed by atoms with E-state index in [1.807, 2.05) is 0 Å². The third-order valence-corrected chi connectivity index (χ3v) is 11.4. The van der Waals surface area contributed by atoms with Crippen LogP contribution in [0.1, 0.15) is 65.4 Å². The Hall–Kier alpha value is -7.35. The van der Waals surface area contributed by atoms with Crippen molar-refractivity contribution in [2.24, 2.45) is 23.1 Å². The Morgan fingerprint density at radius 3 is 1.58 bits per heavy atom. The molecule has 0 aliphatic rings. The van der Waals surface area contributed by atoms with Gasteiger partial charge < -0.3 is 101 Å². The number of aromatic amines is 1. The lowest BCUT2D eigenvalue weighted by atomic mass is 10.0. The molecule has 0 saturated heterocycles. The van der Waals surface area contributed by atoms with Gasteiger partial charge in [-0.15, -0.1) is 0 Å². The van der Waals surface area contributed by atoms with Crippen LogP contribution in [0.5, 0.6) is 0 Å². The molecule has 22 N–H and O–H groups in total. The molecule has 0 unspecified atom stereocenters. The molecule has 30 nitrogen and oxygen atoms in total. The number of carbonyl (C=O) groups excluding carboxylic acids is 10. The largest absolute Gasteiger partial charge is 0.480 e. The van der Waals surface area contributed by atoms with Crippen LogP contribution in [0.2, 0.25) is 0 Å². The minimum absolute atomic E-state index is 0.114. The molecule has 2 aromatic rings. The van der Waals surface area contributed by atoms with E-state index in [1.165, 1.54) is 0 Å². The Labute approximate surface area is 436 Å². The summed E-state index contributed by atoms with van der Waals surface area (Å²) in [5.41, 5.74) is 17.7. The van der Waals surface area contributed by atoms with Crippen molar-refractivity contribution < 1.29 is 83.4 Å². The number of unbranched alkanes of at least 4 members (excludes halogenated alkanes) is 1. The summed E-state index contributed by atoms with van der Waals surface area (Å²) in [6, 6.07) is -8.10. The zero-order valence-electron chi connectivity index (χ0n) is 42.5. The monoisotopic (exact) mass is 1080 g/mol. The number of para-hydroxylation sites is 1. The highest BCUT2D eigenvalue weighted by Crippen LogP contribution is 2.19. The average Bonchev–Trinajstić information content (AvgIpc) is 3.77. The van der Waals surface area contributed by atoms with E-state index in [0.29, 0.717) is 22.9 Å². The van der Waals surface area contributed by atoms with Gasteiger partial charge in [-0.2, -0.15) is 0 Å². The molecule has 0 radical (unpaired) electrons. The van der Waals surface area contributed by atoms with E-state index < -0.39 is 164 Å². The standard InChI is InChI=1S/C46H73N13O17/c1-21(2)13-29(53-40(70)28(11-7-8-12-47)52-41(71)31(15-34(49)65)55-43(73)32(19-61)56-38(68)26(48)18-60)42(72)58-37(23(4)64)46(76)59-36(22(3)63)45(75)57-33(20-62)44(74)54-30(39(69)51-17-35(66)67)14-24-16-50-27-10-6-5-9-25(24)27/h5-6,9-10,16,21-23,26,28-33,36-37,50,60-64H,7-8,11-15,17-20,47-48H2,1-4H3,(H2,49,65)(H,51,69)(H,52,71)(H,53,70)(H,54,74)(H,55,73)(H,56,68)(H,57,75)(H,58,72)(H,59,76)(H,66,67)/t22-,23-,26+,28+,29+,30+,31+,32+,33+,36+,37+/m1/s1. The predicted octanol–water partition coefficient (Wildman–Crippen LogP) is -8.09. The van der Waals surface area contributed by atoms with Crippen LogP contribution in [0.25, 0.3) is 10.9 Å². The van der Waals surface area contributed by atoms with Crippen molar-refractivity contribution >= 4 is 75.9 Å². The minimum atomic E-state index is -1.93. The van der Waals surface area contributed by atoms with Crippen molar-refractivity contribution in [1.82, 2.24) is 52.8 Å². The van der Waals surface area contributed by atoms with Crippen molar-refractivity contribution in [3.63, 3.8) is 0 Å². The van der Waals surface area contributed by atoms with E-state index >= 15 is 0 Å². The number of carboxylic acids is 1. The van der Waals surface area contributed by atoms with Gasteiger partial charge in [0.15, 0.2) is 0 Å². The first-order valence-corrected chi connectivity index (χ1v) is 24.2. The fourth-order valence-electron chi connectivity index (χ4n) is 7.30. The number of primary amides is 1. The number of hydrogen-bond acceptors (Lipinski definition) is 18. The van der Waals surface area contributed by atoms with E-state index in [-0.39, 0.29) is 38.1 Å². The molecule has 0 saturated carbocycles. The van der Waals surface area contributed by atoms with Crippen LogP contribution in [0.4, 0.5) is 0 Å². The zero-order valence-corrected chi connectivity index (χ0v) is 42.5. The highest BCUT2D eigenvalue weighted by Gasteiger charge is 2.37. The Bertz CT molecular complexity index is 2330. The maximum absolute atomic E-state index is 14.0. The lowest BCUT2D eigenvalue weighted by molar-refractivity contribution is -0.139. The van der Waals surface area contributed by atoms with E-state index in [0.717, 1.165) is 13.8 Å². The van der Waals surface area contributed by atoms with Crippen LogP contribution < -0.4 is 65.1 Å². The third kappa shape index (κ3) is 21.1. The molecule has 1 aromatic heterocycles. The molecule has 2 rings (SSSR count). The smallest absolute Gasteiger partial charge is 0.322 e. The van der Waals surface area contributed by atoms with Gasteiger partial charge in [-0.3, -0.25) is 52.7 Å². The molecule has 11 atom stereocenters. The quantitative estimate of drug-likeness (QED) is 0.0289. The van der Waals surface area contributed by atoms with Crippen LogP contribution in [-0.2, 0) is 59.2 Å². The first-order chi connectivity index (χ1) is 35.8. The summed E-state index contributed by atoms with van der Waals surface area (Å²) < 4.78 is 0. The second-order valence-corrected chi connectivity index (χ2v) is 18.2. The van der Waals surface area contributed by atoms with Crippen LogP contribution in [0.3, 0.4) is 0 Å². The number of H-pyrrole nitrogens is 1. The summed E-state index contributed by atoms with van der Waals surface area (Å²) >= 11 is 0. The summed E-state index contributed by atoms with van der Waals surface area (Å²) in [6.45, 7) is 1.96. The van der Waals surface area contributed by atoms with Crippen molar-refractivity contribution in [1.29, 1.82) is 0 Å². The second-order valence-electron chi connectivity index (χ2n) is 18.2. The Balaban J connectivity index is 2.31. The topological polar surface area (TPSA) is 511 Å².